The Balaban J connectivity index is 2.82. The van der Waals surface area contributed by atoms with Crippen LogP contribution in [0.3, 0.4) is 0 Å². The molecule has 0 saturated heterocycles. The van der Waals surface area contributed by atoms with Gasteiger partial charge in [0.25, 0.3) is 0 Å². The van der Waals surface area contributed by atoms with E-state index < -0.39 is 11.9 Å². The monoisotopic (exact) mass is 296 g/mol. The first-order valence-corrected chi connectivity index (χ1v) is 5.94. The van der Waals surface area contributed by atoms with Crippen molar-refractivity contribution in [3.8, 4) is 6.07 Å². The van der Waals surface area contributed by atoms with Crippen LogP contribution in [-0.4, -0.2) is 24.2 Å². The lowest BCUT2D eigenvalue weighted by Gasteiger charge is -2.23. The van der Waals surface area contributed by atoms with Gasteiger partial charge in [0, 0.05) is 16.7 Å². The second-order valence-corrected chi connectivity index (χ2v) is 4.67. The van der Waals surface area contributed by atoms with Crippen molar-refractivity contribution in [2.45, 2.75) is 6.92 Å². The Labute approximate surface area is 109 Å². The van der Waals surface area contributed by atoms with E-state index in [2.05, 4.69) is 15.9 Å². The molecule has 1 N–H and O–H groups in total. The fourth-order valence-corrected chi connectivity index (χ4v) is 1.67. The number of nitriles is 1. The SMILES string of the molecule is CC(CN(CC#N)c1ccc(Br)cc1)C(=O)O. The molecule has 1 atom stereocenters. The quantitative estimate of drug-likeness (QED) is 0.848. The molecule has 0 saturated carbocycles. The van der Waals surface area contributed by atoms with E-state index in [1.54, 1.807) is 11.8 Å². The number of carbonyl (C=O) groups is 1. The van der Waals surface area contributed by atoms with Crippen LogP contribution in [0.4, 0.5) is 5.69 Å². The molecule has 0 aromatic heterocycles. The molecule has 0 heterocycles. The molecule has 0 aliphatic heterocycles. The second kappa shape index (κ2) is 6.26. The zero-order chi connectivity index (χ0) is 12.8. The first kappa shape index (κ1) is 13.5. The molecule has 1 aromatic rings. The molecular weight excluding hydrogens is 284 g/mol. The lowest BCUT2D eigenvalue weighted by Crippen LogP contribution is -2.32. The summed E-state index contributed by atoms with van der Waals surface area (Å²) in [7, 11) is 0. The maximum absolute atomic E-state index is 10.8. The summed E-state index contributed by atoms with van der Waals surface area (Å²) in [6, 6.07) is 9.49. The van der Waals surface area contributed by atoms with Crippen molar-refractivity contribution in [3.05, 3.63) is 28.7 Å². The van der Waals surface area contributed by atoms with Crippen molar-refractivity contribution in [2.24, 2.45) is 5.92 Å². The Morgan fingerprint density at radius 1 is 1.53 bits per heavy atom. The lowest BCUT2D eigenvalue weighted by atomic mass is 10.1. The summed E-state index contributed by atoms with van der Waals surface area (Å²) in [6.45, 7) is 2.13. The predicted octanol–water partition coefficient (Wildman–Crippen LogP) is 2.50. The molecular formula is C12H13BrN2O2. The smallest absolute Gasteiger partial charge is 0.308 e. The number of carboxylic acids is 1. The summed E-state index contributed by atoms with van der Waals surface area (Å²) in [4.78, 5) is 12.6. The number of hydrogen-bond acceptors (Lipinski definition) is 3. The zero-order valence-electron chi connectivity index (χ0n) is 9.43. The maximum atomic E-state index is 10.8. The van der Waals surface area contributed by atoms with E-state index in [4.69, 9.17) is 10.4 Å². The molecule has 0 bridgehead atoms. The third-order valence-corrected chi connectivity index (χ3v) is 2.90. The number of benzene rings is 1. The van der Waals surface area contributed by atoms with Gasteiger partial charge in [0.15, 0.2) is 0 Å². The minimum absolute atomic E-state index is 0.180. The van der Waals surface area contributed by atoms with Crippen LogP contribution in [0, 0.1) is 17.2 Å². The summed E-state index contributed by atoms with van der Waals surface area (Å²) < 4.78 is 0.949. The van der Waals surface area contributed by atoms with Crippen LogP contribution in [0.2, 0.25) is 0 Å². The van der Waals surface area contributed by atoms with Crippen LogP contribution in [0.25, 0.3) is 0 Å². The van der Waals surface area contributed by atoms with E-state index in [-0.39, 0.29) is 6.54 Å². The average molecular weight is 297 g/mol. The van der Waals surface area contributed by atoms with Gasteiger partial charge >= 0.3 is 5.97 Å². The fourth-order valence-electron chi connectivity index (χ4n) is 1.41. The van der Waals surface area contributed by atoms with Crippen LogP contribution in [0.5, 0.6) is 0 Å². The number of anilines is 1. The molecule has 0 aliphatic carbocycles. The number of carboxylic acid groups (broad SMARTS) is 1. The average Bonchev–Trinajstić information content (AvgIpc) is 2.29. The van der Waals surface area contributed by atoms with E-state index in [1.165, 1.54) is 0 Å². The molecule has 0 fully saturated rings. The third kappa shape index (κ3) is 4.08. The van der Waals surface area contributed by atoms with Gasteiger partial charge in [-0.1, -0.05) is 22.9 Å². The minimum atomic E-state index is -0.856. The normalized spacial score (nSPS) is 11.6. The molecule has 1 unspecified atom stereocenters. The van der Waals surface area contributed by atoms with Crippen molar-refractivity contribution in [1.82, 2.24) is 0 Å². The predicted molar refractivity (Wildman–Crippen MR) is 68.8 cm³/mol. The molecule has 1 aromatic carbocycles. The summed E-state index contributed by atoms with van der Waals surface area (Å²) in [5.74, 6) is -1.36. The van der Waals surface area contributed by atoms with Gasteiger partial charge in [0.1, 0.15) is 6.54 Å². The fraction of sp³-hybridized carbons (Fsp3) is 0.333. The van der Waals surface area contributed by atoms with Gasteiger partial charge in [0.2, 0.25) is 0 Å². The number of rotatable bonds is 5. The number of halogens is 1. The molecule has 90 valence electrons. The lowest BCUT2D eigenvalue weighted by molar-refractivity contribution is -0.140. The van der Waals surface area contributed by atoms with Crippen molar-refractivity contribution in [1.29, 1.82) is 5.26 Å². The summed E-state index contributed by atoms with van der Waals surface area (Å²) >= 11 is 3.33. The number of nitrogens with zero attached hydrogens (tertiary/aromatic N) is 2. The van der Waals surface area contributed by atoms with Gasteiger partial charge in [-0.15, -0.1) is 0 Å². The van der Waals surface area contributed by atoms with Crippen molar-refractivity contribution < 1.29 is 9.90 Å². The minimum Gasteiger partial charge on any atom is -0.481 e. The molecule has 0 aliphatic rings. The first-order chi connectivity index (χ1) is 8.04. The second-order valence-electron chi connectivity index (χ2n) is 3.75. The van der Waals surface area contributed by atoms with Crippen LogP contribution in [-0.2, 0) is 4.79 Å². The molecule has 0 spiro atoms. The zero-order valence-corrected chi connectivity index (χ0v) is 11.0. The number of hydrogen-bond donors (Lipinski definition) is 1. The Kier molecular flexibility index (Phi) is 4.98. The third-order valence-electron chi connectivity index (χ3n) is 2.37. The molecule has 0 radical (unpaired) electrons. The Hall–Kier alpha value is -1.54. The van der Waals surface area contributed by atoms with Crippen LogP contribution in [0.15, 0.2) is 28.7 Å². The van der Waals surface area contributed by atoms with Crippen molar-refractivity contribution in [2.75, 3.05) is 18.0 Å². The summed E-state index contributed by atoms with van der Waals surface area (Å²) in [5, 5.41) is 17.6. The van der Waals surface area contributed by atoms with Gasteiger partial charge in [-0.3, -0.25) is 4.79 Å². The largest absolute Gasteiger partial charge is 0.481 e. The highest BCUT2D eigenvalue weighted by Gasteiger charge is 2.16. The number of aliphatic carboxylic acids is 1. The van der Waals surface area contributed by atoms with Crippen molar-refractivity contribution >= 4 is 27.6 Å². The van der Waals surface area contributed by atoms with E-state index in [0.29, 0.717) is 6.54 Å². The maximum Gasteiger partial charge on any atom is 0.308 e. The first-order valence-electron chi connectivity index (χ1n) is 5.15. The van der Waals surface area contributed by atoms with Crippen LogP contribution in [0.1, 0.15) is 6.92 Å². The van der Waals surface area contributed by atoms with E-state index in [1.807, 2.05) is 30.3 Å². The molecule has 4 nitrogen and oxygen atoms in total. The topological polar surface area (TPSA) is 64.3 Å². The molecule has 1 rings (SSSR count). The molecule has 0 amide bonds. The van der Waals surface area contributed by atoms with E-state index >= 15 is 0 Å². The highest BCUT2D eigenvalue weighted by atomic mass is 79.9. The van der Waals surface area contributed by atoms with Gasteiger partial charge in [-0.05, 0) is 24.3 Å². The van der Waals surface area contributed by atoms with Crippen molar-refractivity contribution in [3.63, 3.8) is 0 Å². The Bertz CT molecular complexity index is 425. The standard InChI is InChI=1S/C12H13BrN2O2/c1-9(12(16)17)8-15(7-6-14)11-4-2-10(13)3-5-11/h2-5,9H,7-8H2,1H3,(H,16,17). The van der Waals surface area contributed by atoms with Gasteiger partial charge < -0.3 is 10.0 Å². The van der Waals surface area contributed by atoms with Gasteiger partial charge in [0.05, 0.1) is 12.0 Å². The highest BCUT2D eigenvalue weighted by molar-refractivity contribution is 9.10. The van der Waals surface area contributed by atoms with Gasteiger partial charge in [-0.2, -0.15) is 5.26 Å². The highest BCUT2D eigenvalue weighted by Crippen LogP contribution is 2.19. The van der Waals surface area contributed by atoms with Gasteiger partial charge in [-0.25, -0.2) is 0 Å². The Morgan fingerprint density at radius 3 is 2.59 bits per heavy atom. The van der Waals surface area contributed by atoms with E-state index in [9.17, 15) is 4.79 Å². The van der Waals surface area contributed by atoms with Crippen LogP contribution < -0.4 is 4.90 Å². The Morgan fingerprint density at radius 2 is 2.12 bits per heavy atom. The van der Waals surface area contributed by atoms with Crippen LogP contribution >= 0.6 is 15.9 Å². The van der Waals surface area contributed by atoms with E-state index in [0.717, 1.165) is 10.2 Å². The summed E-state index contributed by atoms with van der Waals surface area (Å²) in [6.07, 6.45) is 0. The molecule has 5 heteroatoms. The molecule has 17 heavy (non-hydrogen) atoms. The summed E-state index contributed by atoms with van der Waals surface area (Å²) in [5.41, 5.74) is 0.850.